The van der Waals surface area contributed by atoms with Crippen LogP contribution in [0.2, 0.25) is 0 Å². The molecule has 0 aliphatic carbocycles. The zero-order valence-corrected chi connectivity index (χ0v) is 16.8. The number of nitrogens with zero attached hydrogens (tertiary/aromatic N) is 2. The summed E-state index contributed by atoms with van der Waals surface area (Å²) in [5.74, 6) is 1.72. The number of hydrogen-bond acceptors (Lipinski definition) is 6. The predicted octanol–water partition coefficient (Wildman–Crippen LogP) is 5.82. The van der Waals surface area contributed by atoms with Crippen LogP contribution in [-0.2, 0) is 0 Å². The number of rotatable bonds is 5. The normalized spacial score (nSPS) is 11.0. The number of phenols is 1. The van der Waals surface area contributed by atoms with Crippen LogP contribution < -0.4 is 10.1 Å². The third-order valence-corrected chi connectivity index (χ3v) is 5.54. The molecule has 0 aliphatic rings. The molecule has 0 aliphatic heterocycles. The molecule has 0 saturated heterocycles. The maximum Gasteiger partial charge on any atom is 0.143 e. The average Bonchev–Trinajstić information content (AvgIpc) is 3.02. The van der Waals surface area contributed by atoms with Crippen molar-refractivity contribution in [1.29, 1.82) is 0 Å². The van der Waals surface area contributed by atoms with Crippen LogP contribution in [0.15, 0.2) is 48.8 Å². The van der Waals surface area contributed by atoms with Crippen molar-refractivity contribution in [2.24, 2.45) is 0 Å². The summed E-state index contributed by atoms with van der Waals surface area (Å²) in [7, 11) is 0. The Hall–Kier alpha value is -3.12. The highest BCUT2D eigenvalue weighted by atomic mass is 32.1. The van der Waals surface area contributed by atoms with E-state index in [9.17, 15) is 5.11 Å². The Morgan fingerprint density at radius 3 is 2.61 bits per heavy atom. The molecule has 2 heterocycles. The minimum atomic E-state index is 0.187. The van der Waals surface area contributed by atoms with E-state index in [2.05, 4.69) is 34.3 Å². The first kappa shape index (κ1) is 18.3. The van der Waals surface area contributed by atoms with Crippen LogP contribution in [0.25, 0.3) is 21.3 Å². The molecule has 0 bridgehead atoms. The minimum absolute atomic E-state index is 0.187. The fraction of sp³-hybridized carbons (Fsp3) is 0.182. The Bertz CT molecular complexity index is 1140. The maximum absolute atomic E-state index is 10.2. The van der Waals surface area contributed by atoms with Crippen molar-refractivity contribution in [3.8, 4) is 22.6 Å². The van der Waals surface area contributed by atoms with Gasteiger partial charge in [-0.15, -0.1) is 11.3 Å². The molecule has 2 aromatic heterocycles. The van der Waals surface area contributed by atoms with Crippen LogP contribution in [0.1, 0.15) is 17.4 Å². The van der Waals surface area contributed by atoms with Crippen molar-refractivity contribution >= 4 is 33.1 Å². The molecular formula is C22H21N3O2S. The predicted molar refractivity (Wildman–Crippen MR) is 115 cm³/mol. The fourth-order valence-electron chi connectivity index (χ4n) is 3.25. The van der Waals surface area contributed by atoms with Crippen LogP contribution >= 0.6 is 11.3 Å². The number of benzene rings is 2. The second-order valence-electron chi connectivity index (χ2n) is 6.54. The Balaban J connectivity index is 1.84. The summed E-state index contributed by atoms with van der Waals surface area (Å²) in [5, 5.41) is 14.5. The molecule has 2 aromatic carbocycles. The molecule has 4 rings (SSSR count). The van der Waals surface area contributed by atoms with Crippen LogP contribution in [-0.4, -0.2) is 21.7 Å². The van der Waals surface area contributed by atoms with E-state index < -0.39 is 0 Å². The van der Waals surface area contributed by atoms with Gasteiger partial charge < -0.3 is 15.2 Å². The van der Waals surface area contributed by atoms with Gasteiger partial charge in [0, 0.05) is 10.4 Å². The molecule has 0 radical (unpaired) electrons. The summed E-state index contributed by atoms with van der Waals surface area (Å²) in [5.41, 5.74) is 3.86. The molecular weight excluding hydrogens is 370 g/mol. The van der Waals surface area contributed by atoms with Gasteiger partial charge in [0.1, 0.15) is 28.5 Å². The standard InChI is InChI=1S/C22H21N3O2S/c1-4-27-16-8-6-15(7-9-16)19-14(3)28-22-20(19)21(23-12-24-22)25-17-11-13(2)5-10-18(17)26/h5-12,26H,4H2,1-3H3,(H,23,24,25). The van der Waals surface area contributed by atoms with E-state index in [4.69, 9.17) is 4.74 Å². The lowest BCUT2D eigenvalue weighted by Crippen LogP contribution is -1.96. The molecule has 142 valence electrons. The lowest BCUT2D eigenvalue weighted by atomic mass is 10.0. The molecule has 0 saturated carbocycles. The number of fused-ring (bicyclic) bond motifs is 1. The highest BCUT2D eigenvalue weighted by Gasteiger charge is 2.17. The first-order valence-electron chi connectivity index (χ1n) is 9.10. The van der Waals surface area contributed by atoms with Crippen molar-refractivity contribution in [1.82, 2.24) is 9.97 Å². The smallest absolute Gasteiger partial charge is 0.143 e. The van der Waals surface area contributed by atoms with E-state index in [0.29, 0.717) is 18.1 Å². The van der Waals surface area contributed by atoms with Crippen molar-refractivity contribution in [3.05, 3.63) is 59.2 Å². The number of thiophene rings is 1. The Morgan fingerprint density at radius 2 is 1.86 bits per heavy atom. The van der Waals surface area contributed by atoms with Gasteiger partial charge in [0.2, 0.25) is 0 Å². The van der Waals surface area contributed by atoms with E-state index in [1.54, 1.807) is 23.7 Å². The zero-order valence-electron chi connectivity index (χ0n) is 16.0. The summed E-state index contributed by atoms with van der Waals surface area (Å²) < 4.78 is 5.56. The number of aromatic nitrogens is 2. The molecule has 0 fully saturated rings. The quantitative estimate of drug-likeness (QED) is 0.419. The first-order valence-corrected chi connectivity index (χ1v) is 9.92. The summed E-state index contributed by atoms with van der Waals surface area (Å²) in [4.78, 5) is 11.0. The number of phenolic OH excluding ortho intramolecular Hbond substituents is 1. The number of aromatic hydroxyl groups is 1. The summed E-state index contributed by atoms with van der Waals surface area (Å²) in [6.45, 7) is 6.69. The number of anilines is 2. The van der Waals surface area contributed by atoms with Gasteiger partial charge in [0.25, 0.3) is 0 Å². The monoisotopic (exact) mass is 391 g/mol. The molecule has 4 aromatic rings. The van der Waals surface area contributed by atoms with Crippen molar-refractivity contribution < 1.29 is 9.84 Å². The fourth-order valence-corrected chi connectivity index (χ4v) is 4.26. The van der Waals surface area contributed by atoms with Gasteiger partial charge >= 0.3 is 0 Å². The molecule has 2 N–H and O–H groups in total. The largest absolute Gasteiger partial charge is 0.506 e. The highest BCUT2D eigenvalue weighted by molar-refractivity contribution is 7.19. The van der Waals surface area contributed by atoms with Gasteiger partial charge in [-0.1, -0.05) is 18.2 Å². The SMILES string of the molecule is CCOc1ccc(-c2c(C)sc3ncnc(Nc4cc(C)ccc4O)c23)cc1. The van der Waals surface area contributed by atoms with Gasteiger partial charge in [-0.05, 0) is 56.2 Å². The van der Waals surface area contributed by atoms with E-state index in [0.717, 1.165) is 37.5 Å². The number of aryl methyl sites for hydroxylation is 2. The lowest BCUT2D eigenvalue weighted by molar-refractivity contribution is 0.340. The van der Waals surface area contributed by atoms with Crippen molar-refractivity contribution in [2.45, 2.75) is 20.8 Å². The van der Waals surface area contributed by atoms with E-state index in [1.165, 1.54) is 0 Å². The topological polar surface area (TPSA) is 67.3 Å². The van der Waals surface area contributed by atoms with Crippen LogP contribution in [0, 0.1) is 13.8 Å². The van der Waals surface area contributed by atoms with Crippen molar-refractivity contribution in [2.75, 3.05) is 11.9 Å². The second-order valence-corrected chi connectivity index (χ2v) is 7.74. The highest BCUT2D eigenvalue weighted by Crippen LogP contribution is 2.42. The van der Waals surface area contributed by atoms with Crippen LogP contribution in [0.3, 0.4) is 0 Å². The summed E-state index contributed by atoms with van der Waals surface area (Å²) in [6, 6.07) is 13.5. The molecule has 0 spiro atoms. The minimum Gasteiger partial charge on any atom is -0.506 e. The Morgan fingerprint density at radius 1 is 1.07 bits per heavy atom. The molecule has 0 atom stereocenters. The van der Waals surface area contributed by atoms with Crippen LogP contribution in [0.4, 0.5) is 11.5 Å². The molecule has 28 heavy (non-hydrogen) atoms. The van der Waals surface area contributed by atoms with Crippen molar-refractivity contribution in [3.63, 3.8) is 0 Å². The van der Waals surface area contributed by atoms with Gasteiger partial charge in [0.15, 0.2) is 0 Å². The van der Waals surface area contributed by atoms with Crippen LogP contribution in [0.5, 0.6) is 11.5 Å². The molecule has 0 unspecified atom stereocenters. The average molecular weight is 391 g/mol. The molecule has 5 nitrogen and oxygen atoms in total. The zero-order chi connectivity index (χ0) is 19.7. The molecule has 0 amide bonds. The van der Waals surface area contributed by atoms with E-state index in [1.807, 2.05) is 38.1 Å². The van der Waals surface area contributed by atoms with E-state index in [-0.39, 0.29) is 5.75 Å². The number of nitrogens with one attached hydrogen (secondary N) is 1. The third kappa shape index (κ3) is 3.39. The van der Waals surface area contributed by atoms with Gasteiger partial charge in [-0.3, -0.25) is 0 Å². The number of hydrogen-bond donors (Lipinski definition) is 2. The first-order chi connectivity index (χ1) is 13.6. The Kier molecular flexibility index (Phi) is 4.88. The summed E-state index contributed by atoms with van der Waals surface area (Å²) in [6.07, 6.45) is 1.55. The second kappa shape index (κ2) is 7.48. The Labute approximate surface area is 167 Å². The van der Waals surface area contributed by atoms with Gasteiger partial charge in [-0.25, -0.2) is 9.97 Å². The number of ether oxygens (including phenoxy) is 1. The lowest BCUT2D eigenvalue weighted by Gasteiger charge is -2.11. The summed E-state index contributed by atoms with van der Waals surface area (Å²) >= 11 is 1.64. The maximum atomic E-state index is 10.2. The third-order valence-electron chi connectivity index (χ3n) is 4.52. The van der Waals surface area contributed by atoms with Gasteiger partial charge in [-0.2, -0.15) is 0 Å². The van der Waals surface area contributed by atoms with E-state index >= 15 is 0 Å². The molecule has 6 heteroatoms. The van der Waals surface area contributed by atoms with Gasteiger partial charge in [0.05, 0.1) is 17.7 Å².